The van der Waals surface area contributed by atoms with Gasteiger partial charge in [-0.05, 0) is 124 Å². The van der Waals surface area contributed by atoms with Gasteiger partial charge in [0.15, 0.2) is 0 Å². The number of aromatic nitrogens is 1. The minimum absolute atomic E-state index is 0.0313. The Bertz CT molecular complexity index is 1660. The monoisotopic (exact) mass is 576 g/mol. The molecule has 10 rings (SSSR count). The molecule has 5 nitrogen and oxygen atoms in total. The molecule has 3 aromatic rings. The first-order valence-electron chi connectivity index (χ1n) is 17.8. The number of aromatic hydroxyl groups is 1. The zero-order valence-corrected chi connectivity index (χ0v) is 26.2. The lowest BCUT2D eigenvalue weighted by atomic mass is 9.52. The van der Waals surface area contributed by atoms with E-state index in [-0.39, 0.29) is 5.41 Å². The standard InChI is InChI=1S/C38H48N4O/c1-3-36-15-7-20-41-22-18-38(35(36)41)30(13-17-36)39-32-26(11-12-29(43)31(32)38)28-23-37(4-2)16-8-19-40-21-14-25-24-9-5-6-10-27(24)42(28)33(25)34(37)40/h5-6,9-12,28,30,34-35,39,43H,3-4,7-8,13-23H2,1-2H3/t28?,30-,34+,35-,36-,37-,38+/m1/s1. The summed E-state index contributed by atoms with van der Waals surface area (Å²) >= 11 is 0. The van der Waals surface area contributed by atoms with Gasteiger partial charge in [-0.15, -0.1) is 0 Å². The normalized spacial score (nSPS) is 39.2. The first-order chi connectivity index (χ1) is 21.1. The van der Waals surface area contributed by atoms with Crippen molar-refractivity contribution in [3.63, 3.8) is 0 Å². The van der Waals surface area contributed by atoms with Crippen LogP contribution in [0.3, 0.4) is 0 Å². The SMILES string of the molecule is CC[C@@]12CCCN3CCc4c(n(c5ccccc45)C(c4ccc(O)c5c4N[C@@H]4CC[C@@]6(CC)CCCN7CC[C@@]54[C@H]76)C1)[C@H]32. The van der Waals surface area contributed by atoms with Crippen LogP contribution in [0.25, 0.3) is 10.9 Å². The molecule has 7 atom stereocenters. The number of fused-ring (bicyclic) bond motifs is 4. The Labute approximate surface area is 256 Å². The Morgan fingerprint density at radius 3 is 2.56 bits per heavy atom. The fraction of sp³-hybridized carbons (Fsp3) is 0.632. The van der Waals surface area contributed by atoms with Crippen molar-refractivity contribution in [2.24, 2.45) is 10.8 Å². The van der Waals surface area contributed by atoms with Gasteiger partial charge in [-0.2, -0.15) is 0 Å². The minimum atomic E-state index is 0.0313. The number of phenols is 1. The Morgan fingerprint density at radius 1 is 0.884 bits per heavy atom. The van der Waals surface area contributed by atoms with Crippen molar-refractivity contribution >= 4 is 16.6 Å². The first kappa shape index (κ1) is 25.8. The number of nitrogens with zero attached hydrogens (tertiary/aromatic N) is 3. The highest BCUT2D eigenvalue weighted by Crippen LogP contribution is 2.67. The molecule has 1 saturated carbocycles. The number of nitrogens with one attached hydrogen (secondary N) is 1. The fourth-order valence-electron chi connectivity index (χ4n) is 13.0. The van der Waals surface area contributed by atoms with Gasteiger partial charge in [0.25, 0.3) is 0 Å². The van der Waals surface area contributed by atoms with E-state index >= 15 is 0 Å². The Kier molecular flexibility index (Phi) is 5.16. The number of rotatable bonds is 3. The largest absolute Gasteiger partial charge is 0.508 e. The van der Waals surface area contributed by atoms with E-state index in [0.717, 1.165) is 0 Å². The lowest BCUT2D eigenvalue weighted by molar-refractivity contribution is -0.0314. The highest BCUT2D eigenvalue weighted by Gasteiger charge is 2.67. The van der Waals surface area contributed by atoms with Crippen LogP contribution in [0.2, 0.25) is 0 Å². The molecule has 2 aromatic carbocycles. The molecule has 1 aromatic heterocycles. The van der Waals surface area contributed by atoms with Gasteiger partial charge in [-0.1, -0.05) is 38.1 Å². The molecule has 5 heteroatoms. The summed E-state index contributed by atoms with van der Waals surface area (Å²) < 4.78 is 2.81. The number of benzene rings is 2. The molecule has 1 unspecified atom stereocenters. The van der Waals surface area contributed by atoms with Crippen LogP contribution >= 0.6 is 0 Å². The van der Waals surface area contributed by atoms with E-state index in [0.29, 0.717) is 40.7 Å². The molecule has 2 N–H and O–H groups in total. The molecule has 7 aliphatic rings. The highest BCUT2D eigenvalue weighted by atomic mass is 16.3. The maximum absolute atomic E-state index is 11.9. The molecule has 3 saturated heterocycles. The maximum Gasteiger partial charge on any atom is 0.121 e. The van der Waals surface area contributed by atoms with Crippen molar-refractivity contribution < 1.29 is 5.11 Å². The Hall–Kier alpha value is -2.50. The van der Waals surface area contributed by atoms with E-state index in [9.17, 15) is 5.11 Å². The number of piperidine rings is 2. The zero-order valence-electron chi connectivity index (χ0n) is 26.2. The lowest BCUT2D eigenvalue weighted by Gasteiger charge is -2.58. The van der Waals surface area contributed by atoms with Crippen LogP contribution < -0.4 is 5.32 Å². The first-order valence-corrected chi connectivity index (χ1v) is 17.8. The van der Waals surface area contributed by atoms with Crippen LogP contribution in [0.4, 0.5) is 5.69 Å². The van der Waals surface area contributed by atoms with E-state index in [1.54, 1.807) is 11.3 Å². The average Bonchev–Trinajstić information content (AvgIpc) is 3.72. The summed E-state index contributed by atoms with van der Waals surface area (Å²) in [7, 11) is 0. The van der Waals surface area contributed by atoms with Gasteiger partial charge in [0, 0.05) is 51.9 Å². The second-order valence-electron chi connectivity index (χ2n) is 15.7. The number of hydrogen-bond donors (Lipinski definition) is 2. The second-order valence-corrected chi connectivity index (χ2v) is 15.7. The van der Waals surface area contributed by atoms with Gasteiger partial charge in [-0.25, -0.2) is 0 Å². The molecule has 226 valence electrons. The lowest BCUT2D eigenvalue weighted by Crippen LogP contribution is -2.63. The van der Waals surface area contributed by atoms with Crippen LogP contribution in [-0.2, 0) is 11.8 Å². The van der Waals surface area contributed by atoms with Gasteiger partial charge in [0.05, 0.1) is 12.1 Å². The summed E-state index contributed by atoms with van der Waals surface area (Å²) in [5.41, 5.74) is 9.47. The molecule has 0 radical (unpaired) electrons. The zero-order chi connectivity index (χ0) is 28.7. The summed E-state index contributed by atoms with van der Waals surface area (Å²) in [6, 6.07) is 15.5. The van der Waals surface area contributed by atoms with Crippen molar-refractivity contribution in [2.75, 3.05) is 31.5 Å². The van der Waals surface area contributed by atoms with Gasteiger partial charge in [0.2, 0.25) is 0 Å². The van der Waals surface area contributed by atoms with Crippen molar-refractivity contribution in [3.05, 3.63) is 58.8 Å². The van der Waals surface area contributed by atoms with Crippen molar-refractivity contribution in [1.82, 2.24) is 14.4 Å². The third kappa shape index (κ3) is 2.94. The minimum Gasteiger partial charge on any atom is -0.508 e. The van der Waals surface area contributed by atoms with Crippen molar-refractivity contribution in [3.8, 4) is 5.75 Å². The summed E-state index contributed by atoms with van der Waals surface area (Å²) in [6.07, 6.45) is 13.9. The Balaban J connectivity index is 1.22. The molecule has 1 aliphatic carbocycles. The molecular formula is C38H48N4O. The molecule has 0 bridgehead atoms. The van der Waals surface area contributed by atoms with E-state index in [1.165, 1.54) is 125 Å². The maximum atomic E-state index is 11.9. The van der Waals surface area contributed by atoms with Crippen molar-refractivity contribution in [1.29, 1.82) is 0 Å². The van der Waals surface area contributed by atoms with Gasteiger partial charge >= 0.3 is 0 Å². The average molecular weight is 577 g/mol. The predicted octanol–water partition coefficient (Wildman–Crippen LogP) is 7.52. The highest BCUT2D eigenvalue weighted by molar-refractivity contribution is 5.87. The molecule has 1 spiro atoms. The summed E-state index contributed by atoms with van der Waals surface area (Å²) in [6.45, 7) is 9.79. The van der Waals surface area contributed by atoms with Crippen LogP contribution in [0.1, 0.15) is 113 Å². The van der Waals surface area contributed by atoms with E-state index in [2.05, 4.69) is 69.9 Å². The molecular weight excluding hydrogens is 528 g/mol. The number of anilines is 1. The third-order valence-corrected chi connectivity index (χ3v) is 14.6. The smallest absolute Gasteiger partial charge is 0.121 e. The number of hydrogen-bond acceptors (Lipinski definition) is 4. The predicted molar refractivity (Wildman–Crippen MR) is 173 cm³/mol. The summed E-state index contributed by atoms with van der Waals surface area (Å²) in [5.74, 6) is 0.551. The van der Waals surface area contributed by atoms with Gasteiger partial charge in [-0.3, -0.25) is 9.80 Å². The quantitative estimate of drug-likeness (QED) is 0.339. The number of para-hydroxylation sites is 1. The molecule has 4 fully saturated rings. The number of phenolic OH excluding ortho intramolecular Hbond substituents is 1. The molecule has 43 heavy (non-hydrogen) atoms. The van der Waals surface area contributed by atoms with Crippen LogP contribution in [-0.4, -0.2) is 57.7 Å². The second kappa shape index (κ2) is 8.60. The summed E-state index contributed by atoms with van der Waals surface area (Å²) in [5, 5.41) is 17.6. The van der Waals surface area contributed by atoms with E-state index in [4.69, 9.17) is 0 Å². The van der Waals surface area contributed by atoms with Crippen LogP contribution in [0.15, 0.2) is 36.4 Å². The Morgan fingerprint density at radius 2 is 1.70 bits per heavy atom. The van der Waals surface area contributed by atoms with Crippen LogP contribution in [0.5, 0.6) is 5.75 Å². The van der Waals surface area contributed by atoms with E-state index < -0.39 is 0 Å². The summed E-state index contributed by atoms with van der Waals surface area (Å²) in [4.78, 5) is 5.71. The molecule has 0 amide bonds. The van der Waals surface area contributed by atoms with Crippen LogP contribution in [0, 0.1) is 10.8 Å². The van der Waals surface area contributed by atoms with Gasteiger partial charge < -0.3 is 15.0 Å². The molecule has 6 aliphatic heterocycles. The van der Waals surface area contributed by atoms with Gasteiger partial charge in [0.1, 0.15) is 5.75 Å². The fourth-order valence-corrected chi connectivity index (χ4v) is 13.0. The topological polar surface area (TPSA) is 43.7 Å². The third-order valence-electron chi connectivity index (χ3n) is 14.6. The molecule has 7 heterocycles. The van der Waals surface area contributed by atoms with E-state index in [1.807, 2.05) is 0 Å². The van der Waals surface area contributed by atoms with Crippen molar-refractivity contribution in [2.45, 2.75) is 114 Å².